The number of nitrogen functional groups attached to an aromatic ring is 1. The average molecular weight is 166 g/mol. The van der Waals surface area contributed by atoms with Gasteiger partial charge in [0.1, 0.15) is 5.75 Å². The summed E-state index contributed by atoms with van der Waals surface area (Å²) in [6, 6.07) is 5.81. The summed E-state index contributed by atoms with van der Waals surface area (Å²) in [7, 11) is 0. The maximum absolute atomic E-state index is 5.33. The first kappa shape index (κ1) is 8.87. The number of hydrogen-bond acceptors (Lipinski definition) is 3. The van der Waals surface area contributed by atoms with Gasteiger partial charge in [-0.1, -0.05) is 0 Å². The van der Waals surface area contributed by atoms with Crippen molar-refractivity contribution in [3.05, 3.63) is 23.8 Å². The maximum Gasteiger partial charge on any atom is 0.121 e. The number of hydrogen-bond donors (Lipinski definition) is 2. The molecule has 12 heavy (non-hydrogen) atoms. The van der Waals surface area contributed by atoms with E-state index in [1.165, 1.54) is 0 Å². The van der Waals surface area contributed by atoms with Crippen LogP contribution in [0.3, 0.4) is 0 Å². The molecule has 0 aliphatic rings. The molecule has 3 nitrogen and oxygen atoms in total. The van der Waals surface area contributed by atoms with E-state index in [9.17, 15) is 0 Å². The SMILES string of the molecule is CCOc1cc(C)cc(NN)c1. The van der Waals surface area contributed by atoms with E-state index in [1.54, 1.807) is 0 Å². The Morgan fingerprint density at radius 2 is 2.17 bits per heavy atom. The Labute approximate surface area is 72.5 Å². The largest absolute Gasteiger partial charge is 0.494 e. The molecule has 0 saturated carbocycles. The highest BCUT2D eigenvalue weighted by Crippen LogP contribution is 2.19. The molecule has 0 heterocycles. The normalized spacial score (nSPS) is 9.58. The van der Waals surface area contributed by atoms with E-state index in [0.29, 0.717) is 6.61 Å². The van der Waals surface area contributed by atoms with Crippen molar-refractivity contribution in [3.8, 4) is 5.75 Å². The second kappa shape index (κ2) is 3.97. The van der Waals surface area contributed by atoms with Gasteiger partial charge in [0.15, 0.2) is 0 Å². The molecular weight excluding hydrogens is 152 g/mol. The lowest BCUT2D eigenvalue weighted by atomic mass is 10.2. The molecule has 0 fully saturated rings. The van der Waals surface area contributed by atoms with E-state index in [4.69, 9.17) is 10.6 Å². The summed E-state index contributed by atoms with van der Waals surface area (Å²) in [6.45, 7) is 4.63. The average Bonchev–Trinajstić information content (AvgIpc) is 2.04. The van der Waals surface area contributed by atoms with Crippen LogP contribution < -0.4 is 16.0 Å². The van der Waals surface area contributed by atoms with Gasteiger partial charge in [-0.2, -0.15) is 0 Å². The molecule has 0 aliphatic carbocycles. The standard InChI is InChI=1S/C9H14N2O/c1-3-12-9-5-7(2)4-8(6-9)11-10/h4-6,11H,3,10H2,1-2H3. The van der Waals surface area contributed by atoms with Crippen molar-refractivity contribution < 1.29 is 4.74 Å². The predicted octanol–water partition coefficient (Wildman–Crippen LogP) is 1.68. The molecule has 1 rings (SSSR count). The Bertz CT molecular complexity index is 261. The van der Waals surface area contributed by atoms with Gasteiger partial charge in [0, 0.05) is 6.07 Å². The summed E-state index contributed by atoms with van der Waals surface area (Å²) < 4.78 is 5.33. The molecule has 0 bridgehead atoms. The third-order valence-electron chi connectivity index (χ3n) is 1.53. The highest BCUT2D eigenvalue weighted by Gasteiger charge is 1.96. The van der Waals surface area contributed by atoms with Crippen molar-refractivity contribution in [3.63, 3.8) is 0 Å². The van der Waals surface area contributed by atoms with E-state index in [0.717, 1.165) is 17.0 Å². The Kier molecular flexibility index (Phi) is 2.94. The molecule has 3 N–H and O–H groups in total. The number of hydrazine groups is 1. The first-order valence-electron chi connectivity index (χ1n) is 3.97. The summed E-state index contributed by atoms with van der Waals surface area (Å²) in [6.07, 6.45) is 0. The van der Waals surface area contributed by atoms with Gasteiger partial charge >= 0.3 is 0 Å². The summed E-state index contributed by atoms with van der Waals surface area (Å²) in [5.74, 6) is 6.13. The van der Waals surface area contributed by atoms with Gasteiger partial charge < -0.3 is 10.2 Å². The molecule has 1 aromatic rings. The third-order valence-corrected chi connectivity index (χ3v) is 1.53. The first-order chi connectivity index (χ1) is 5.76. The Morgan fingerprint density at radius 1 is 1.42 bits per heavy atom. The fourth-order valence-electron chi connectivity index (χ4n) is 1.08. The summed E-state index contributed by atoms with van der Waals surface area (Å²) in [5.41, 5.74) is 4.59. The van der Waals surface area contributed by atoms with Crippen LogP contribution in [0, 0.1) is 6.92 Å². The van der Waals surface area contributed by atoms with E-state index >= 15 is 0 Å². The number of benzene rings is 1. The minimum Gasteiger partial charge on any atom is -0.494 e. The number of rotatable bonds is 3. The third kappa shape index (κ3) is 2.13. The van der Waals surface area contributed by atoms with Gasteiger partial charge in [0.05, 0.1) is 12.3 Å². The Balaban J connectivity index is 2.90. The molecule has 3 heteroatoms. The summed E-state index contributed by atoms with van der Waals surface area (Å²) in [4.78, 5) is 0. The number of ether oxygens (including phenoxy) is 1. The van der Waals surface area contributed by atoms with Crippen molar-refractivity contribution in [1.82, 2.24) is 0 Å². The van der Waals surface area contributed by atoms with Crippen LogP contribution in [0.5, 0.6) is 5.75 Å². The van der Waals surface area contributed by atoms with Crippen LogP contribution in [0.15, 0.2) is 18.2 Å². The van der Waals surface area contributed by atoms with Gasteiger partial charge in [0.2, 0.25) is 0 Å². The van der Waals surface area contributed by atoms with Crippen LogP contribution in [0.4, 0.5) is 5.69 Å². The Hall–Kier alpha value is -1.22. The molecule has 0 spiro atoms. The van der Waals surface area contributed by atoms with Crippen LogP contribution in [0.2, 0.25) is 0 Å². The van der Waals surface area contributed by atoms with Crippen molar-refractivity contribution in [2.45, 2.75) is 13.8 Å². The minimum atomic E-state index is 0.674. The van der Waals surface area contributed by atoms with Crippen LogP contribution in [0.25, 0.3) is 0 Å². The molecule has 0 unspecified atom stereocenters. The summed E-state index contributed by atoms with van der Waals surface area (Å²) in [5, 5.41) is 0. The number of nitrogens with two attached hydrogens (primary N) is 1. The number of anilines is 1. The second-order valence-corrected chi connectivity index (χ2v) is 2.61. The lowest BCUT2D eigenvalue weighted by Crippen LogP contribution is -2.07. The van der Waals surface area contributed by atoms with Crippen LogP contribution in [0.1, 0.15) is 12.5 Å². The zero-order valence-corrected chi connectivity index (χ0v) is 7.42. The molecule has 0 atom stereocenters. The van der Waals surface area contributed by atoms with Gasteiger partial charge in [-0.05, 0) is 31.5 Å². The lowest BCUT2D eigenvalue weighted by Gasteiger charge is -2.07. The highest BCUT2D eigenvalue weighted by atomic mass is 16.5. The topological polar surface area (TPSA) is 47.3 Å². The predicted molar refractivity (Wildman–Crippen MR) is 50.2 cm³/mol. The molecule has 0 saturated heterocycles. The van der Waals surface area contributed by atoms with E-state index in [-0.39, 0.29) is 0 Å². The van der Waals surface area contributed by atoms with Crippen molar-refractivity contribution in [2.24, 2.45) is 5.84 Å². The van der Waals surface area contributed by atoms with Crippen molar-refractivity contribution >= 4 is 5.69 Å². The number of aryl methyl sites for hydroxylation is 1. The monoisotopic (exact) mass is 166 g/mol. The van der Waals surface area contributed by atoms with Crippen LogP contribution in [-0.2, 0) is 0 Å². The molecule has 0 amide bonds. The maximum atomic E-state index is 5.33. The fraction of sp³-hybridized carbons (Fsp3) is 0.333. The quantitative estimate of drug-likeness (QED) is 0.530. The smallest absolute Gasteiger partial charge is 0.121 e. The minimum absolute atomic E-state index is 0.674. The van der Waals surface area contributed by atoms with Gasteiger partial charge in [0.25, 0.3) is 0 Å². The van der Waals surface area contributed by atoms with Crippen LogP contribution in [-0.4, -0.2) is 6.61 Å². The molecule has 1 aromatic carbocycles. The van der Waals surface area contributed by atoms with E-state index in [2.05, 4.69) is 5.43 Å². The van der Waals surface area contributed by atoms with E-state index in [1.807, 2.05) is 32.0 Å². The molecule has 0 aliphatic heterocycles. The van der Waals surface area contributed by atoms with Crippen LogP contribution >= 0.6 is 0 Å². The van der Waals surface area contributed by atoms with Crippen molar-refractivity contribution in [2.75, 3.05) is 12.0 Å². The highest BCUT2D eigenvalue weighted by molar-refractivity contribution is 5.50. The van der Waals surface area contributed by atoms with Gasteiger partial charge in [-0.15, -0.1) is 0 Å². The zero-order valence-electron chi connectivity index (χ0n) is 7.42. The molecular formula is C9H14N2O. The molecule has 0 radical (unpaired) electrons. The fourth-order valence-corrected chi connectivity index (χ4v) is 1.08. The number of nitrogens with one attached hydrogen (secondary N) is 1. The van der Waals surface area contributed by atoms with Gasteiger partial charge in [-0.25, -0.2) is 0 Å². The molecule has 66 valence electrons. The lowest BCUT2D eigenvalue weighted by molar-refractivity contribution is 0.340. The summed E-state index contributed by atoms with van der Waals surface area (Å²) >= 11 is 0. The Morgan fingerprint density at radius 3 is 2.75 bits per heavy atom. The van der Waals surface area contributed by atoms with E-state index < -0.39 is 0 Å². The van der Waals surface area contributed by atoms with Gasteiger partial charge in [-0.3, -0.25) is 5.84 Å². The van der Waals surface area contributed by atoms with Crippen molar-refractivity contribution in [1.29, 1.82) is 0 Å². The molecule has 0 aromatic heterocycles. The zero-order chi connectivity index (χ0) is 8.97. The first-order valence-corrected chi connectivity index (χ1v) is 3.97. The second-order valence-electron chi connectivity index (χ2n) is 2.61.